The monoisotopic (exact) mass is 352 g/mol. The number of fused-ring (bicyclic) bond motifs is 1. The first-order chi connectivity index (χ1) is 10.4. The summed E-state index contributed by atoms with van der Waals surface area (Å²) in [7, 11) is 0. The van der Waals surface area contributed by atoms with E-state index >= 15 is 0 Å². The fourth-order valence-corrected chi connectivity index (χ4v) is 3.14. The van der Waals surface area contributed by atoms with Crippen LogP contribution in [0.25, 0.3) is 22.1 Å². The largest absolute Gasteiger partial charge is 0.422 e. The van der Waals surface area contributed by atoms with Crippen molar-refractivity contribution in [1.82, 2.24) is 0 Å². The van der Waals surface area contributed by atoms with Crippen LogP contribution in [0, 0.1) is 13.8 Å². The molecule has 2 aromatic carbocycles. The van der Waals surface area contributed by atoms with Crippen LogP contribution < -0.4 is 5.63 Å². The summed E-state index contributed by atoms with van der Waals surface area (Å²) in [6.07, 6.45) is 0. The Morgan fingerprint density at radius 2 is 1.68 bits per heavy atom. The second-order valence-electron chi connectivity index (χ2n) is 5.11. The molecule has 1 aromatic heterocycles. The SMILES string of the molecule is Cc1cc2oc(=O)c(-c3ccc(Cl)cc3Cl)c(C)c2cc1Cl. The van der Waals surface area contributed by atoms with E-state index in [-0.39, 0.29) is 0 Å². The highest BCUT2D eigenvalue weighted by Crippen LogP contribution is 2.34. The molecule has 22 heavy (non-hydrogen) atoms. The Morgan fingerprint density at radius 3 is 2.36 bits per heavy atom. The van der Waals surface area contributed by atoms with E-state index in [2.05, 4.69) is 0 Å². The molecule has 0 aliphatic carbocycles. The highest BCUT2D eigenvalue weighted by Gasteiger charge is 2.16. The Bertz CT molecular complexity index is 958. The molecule has 0 aliphatic rings. The minimum Gasteiger partial charge on any atom is -0.422 e. The fourth-order valence-electron chi connectivity index (χ4n) is 2.48. The van der Waals surface area contributed by atoms with Crippen LogP contribution in [0.15, 0.2) is 39.5 Å². The van der Waals surface area contributed by atoms with Gasteiger partial charge in [-0.25, -0.2) is 4.79 Å². The van der Waals surface area contributed by atoms with Crippen molar-refractivity contribution in [1.29, 1.82) is 0 Å². The lowest BCUT2D eigenvalue weighted by Crippen LogP contribution is -2.06. The van der Waals surface area contributed by atoms with Crippen LogP contribution in [-0.4, -0.2) is 0 Å². The smallest absolute Gasteiger partial charge is 0.344 e. The van der Waals surface area contributed by atoms with Gasteiger partial charge < -0.3 is 4.42 Å². The van der Waals surface area contributed by atoms with Crippen LogP contribution in [-0.2, 0) is 0 Å². The minimum absolute atomic E-state index is 0.403. The maximum atomic E-state index is 12.4. The van der Waals surface area contributed by atoms with Gasteiger partial charge in [-0.2, -0.15) is 0 Å². The standard InChI is InChI=1S/C17H11Cl3O2/c1-8-5-15-12(7-13(8)19)9(2)16(17(21)22-15)11-4-3-10(18)6-14(11)20/h3-7H,1-2H3. The Morgan fingerprint density at radius 1 is 0.955 bits per heavy atom. The molecule has 0 saturated heterocycles. The van der Waals surface area contributed by atoms with Gasteiger partial charge in [-0.3, -0.25) is 0 Å². The number of hydrogen-bond acceptors (Lipinski definition) is 2. The molecule has 0 N–H and O–H groups in total. The van der Waals surface area contributed by atoms with Gasteiger partial charge in [0.25, 0.3) is 0 Å². The van der Waals surface area contributed by atoms with Crippen molar-refractivity contribution in [3.63, 3.8) is 0 Å². The van der Waals surface area contributed by atoms with Crippen LogP contribution in [0.3, 0.4) is 0 Å². The molecule has 112 valence electrons. The zero-order valence-electron chi connectivity index (χ0n) is 11.8. The van der Waals surface area contributed by atoms with Gasteiger partial charge in [0.15, 0.2) is 0 Å². The molecule has 5 heteroatoms. The van der Waals surface area contributed by atoms with Crippen molar-refractivity contribution in [2.45, 2.75) is 13.8 Å². The van der Waals surface area contributed by atoms with Crippen LogP contribution in [0.2, 0.25) is 15.1 Å². The molecule has 0 amide bonds. The van der Waals surface area contributed by atoms with Gasteiger partial charge in [0.1, 0.15) is 5.58 Å². The van der Waals surface area contributed by atoms with E-state index in [1.165, 1.54) is 0 Å². The predicted molar refractivity (Wildman–Crippen MR) is 92.4 cm³/mol. The molecule has 2 nitrogen and oxygen atoms in total. The third-order valence-electron chi connectivity index (χ3n) is 3.65. The third-order valence-corrected chi connectivity index (χ3v) is 4.60. The van der Waals surface area contributed by atoms with E-state index in [9.17, 15) is 4.79 Å². The van der Waals surface area contributed by atoms with Gasteiger partial charge in [0.05, 0.1) is 10.6 Å². The van der Waals surface area contributed by atoms with Crippen LogP contribution in [0.1, 0.15) is 11.1 Å². The molecule has 0 bridgehead atoms. The lowest BCUT2D eigenvalue weighted by Gasteiger charge is -2.10. The first kappa shape index (κ1) is 15.4. The van der Waals surface area contributed by atoms with E-state index in [1.54, 1.807) is 30.3 Å². The molecule has 0 saturated carbocycles. The maximum Gasteiger partial charge on any atom is 0.344 e. The summed E-state index contributed by atoms with van der Waals surface area (Å²) in [4.78, 5) is 12.4. The topological polar surface area (TPSA) is 30.2 Å². The summed E-state index contributed by atoms with van der Waals surface area (Å²) < 4.78 is 5.44. The van der Waals surface area contributed by atoms with Gasteiger partial charge in [0, 0.05) is 21.0 Å². The average molecular weight is 354 g/mol. The number of halogens is 3. The quantitative estimate of drug-likeness (QED) is 0.499. The summed E-state index contributed by atoms with van der Waals surface area (Å²) in [5.74, 6) is 0. The van der Waals surface area contributed by atoms with E-state index in [4.69, 9.17) is 39.2 Å². The Labute approximate surface area is 142 Å². The highest BCUT2D eigenvalue weighted by molar-refractivity contribution is 6.36. The average Bonchev–Trinajstić information content (AvgIpc) is 2.43. The molecular weight excluding hydrogens is 343 g/mol. The zero-order chi connectivity index (χ0) is 16.0. The van der Waals surface area contributed by atoms with E-state index in [0.29, 0.717) is 31.8 Å². The van der Waals surface area contributed by atoms with Gasteiger partial charge >= 0.3 is 5.63 Å². The first-order valence-electron chi connectivity index (χ1n) is 6.57. The van der Waals surface area contributed by atoms with Crippen molar-refractivity contribution in [3.05, 3.63) is 66.9 Å². The van der Waals surface area contributed by atoms with Crippen molar-refractivity contribution in [2.75, 3.05) is 0 Å². The zero-order valence-corrected chi connectivity index (χ0v) is 14.1. The van der Waals surface area contributed by atoms with Gasteiger partial charge in [-0.05, 0) is 49.2 Å². The number of rotatable bonds is 1. The van der Waals surface area contributed by atoms with E-state index in [1.807, 2.05) is 13.8 Å². The molecule has 1 heterocycles. The Kier molecular flexibility index (Phi) is 3.94. The summed E-state index contributed by atoms with van der Waals surface area (Å²) in [5.41, 5.74) is 2.73. The molecule has 0 radical (unpaired) electrons. The molecular formula is C17H11Cl3O2. The highest BCUT2D eigenvalue weighted by atomic mass is 35.5. The third kappa shape index (κ3) is 2.52. The van der Waals surface area contributed by atoms with E-state index < -0.39 is 5.63 Å². The van der Waals surface area contributed by atoms with Crippen LogP contribution in [0.5, 0.6) is 0 Å². The maximum absolute atomic E-state index is 12.4. The van der Waals surface area contributed by atoms with E-state index in [0.717, 1.165) is 16.5 Å². The van der Waals surface area contributed by atoms with Gasteiger partial charge in [-0.1, -0.05) is 40.9 Å². The fraction of sp³-hybridized carbons (Fsp3) is 0.118. The second-order valence-corrected chi connectivity index (χ2v) is 6.36. The lowest BCUT2D eigenvalue weighted by molar-refractivity contribution is 0.562. The molecule has 0 fully saturated rings. The molecule has 3 aromatic rings. The van der Waals surface area contributed by atoms with Crippen LogP contribution in [0.4, 0.5) is 0 Å². The number of benzene rings is 2. The molecule has 0 atom stereocenters. The van der Waals surface area contributed by atoms with Crippen LogP contribution >= 0.6 is 34.8 Å². The summed E-state index contributed by atoms with van der Waals surface area (Å²) >= 11 is 18.3. The van der Waals surface area contributed by atoms with Crippen molar-refractivity contribution < 1.29 is 4.42 Å². The molecule has 0 aliphatic heterocycles. The molecule has 0 unspecified atom stereocenters. The molecule has 3 rings (SSSR count). The Balaban J connectivity index is 2.40. The number of hydrogen-bond donors (Lipinski definition) is 0. The second kappa shape index (κ2) is 5.62. The van der Waals surface area contributed by atoms with Crippen molar-refractivity contribution in [2.24, 2.45) is 0 Å². The lowest BCUT2D eigenvalue weighted by atomic mass is 9.99. The number of aryl methyl sites for hydroxylation is 2. The normalized spacial score (nSPS) is 11.1. The first-order valence-corrected chi connectivity index (χ1v) is 7.71. The van der Waals surface area contributed by atoms with Crippen molar-refractivity contribution in [3.8, 4) is 11.1 Å². The van der Waals surface area contributed by atoms with Gasteiger partial charge in [-0.15, -0.1) is 0 Å². The van der Waals surface area contributed by atoms with Crippen molar-refractivity contribution >= 4 is 45.8 Å². The minimum atomic E-state index is -0.434. The summed E-state index contributed by atoms with van der Waals surface area (Å²) in [6, 6.07) is 8.57. The van der Waals surface area contributed by atoms with Gasteiger partial charge in [0.2, 0.25) is 0 Å². The summed E-state index contributed by atoms with van der Waals surface area (Å²) in [5, 5.41) is 2.32. The summed E-state index contributed by atoms with van der Waals surface area (Å²) in [6.45, 7) is 3.71. The molecule has 0 spiro atoms. The Hall–Kier alpha value is -1.48. The predicted octanol–water partition coefficient (Wildman–Crippen LogP) is 6.04.